The van der Waals surface area contributed by atoms with Gasteiger partial charge < -0.3 is 9.47 Å². The number of carbonyl (C=O) groups excluding carboxylic acids is 1. The molecule has 2 unspecified atom stereocenters. The minimum atomic E-state index is -0.274. The Kier molecular flexibility index (Phi) is 7.50. The van der Waals surface area contributed by atoms with E-state index in [0.717, 1.165) is 25.2 Å². The van der Waals surface area contributed by atoms with E-state index in [1.165, 1.54) is 70.6 Å². The van der Waals surface area contributed by atoms with E-state index in [4.69, 9.17) is 9.47 Å². The van der Waals surface area contributed by atoms with Crippen LogP contribution in [0.15, 0.2) is 17.3 Å². The third-order valence-electron chi connectivity index (χ3n) is 7.31. The average molecular weight is 403 g/mol. The molecule has 0 N–H and O–H groups in total. The second kappa shape index (κ2) is 10.5. The van der Waals surface area contributed by atoms with Crippen LogP contribution in [0.2, 0.25) is 0 Å². The summed E-state index contributed by atoms with van der Waals surface area (Å²) in [5.41, 5.74) is 0. The summed E-state index contributed by atoms with van der Waals surface area (Å²) >= 11 is 0. The van der Waals surface area contributed by atoms with Crippen LogP contribution in [0.1, 0.15) is 89.9 Å². The smallest absolute Gasteiger partial charge is 0.430 e. The Morgan fingerprint density at radius 1 is 0.931 bits per heavy atom. The van der Waals surface area contributed by atoms with E-state index in [9.17, 15) is 4.79 Å². The first kappa shape index (κ1) is 20.7. The third-order valence-corrected chi connectivity index (χ3v) is 7.31. The SMILES string of the molecule is O=C(OCC1CCCCC1)N1N=C(OC/C=C/C2CCCCC2)C2CCCCC21. The van der Waals surface area contributed by atoms with E-state index in [-0.39, 0.29) is 18.1 Å². The van der Waals surface area contributed by atoms with E-state index < -0.39 is 0 Å². The van der Waals surface area contributed by atoms with E-state index >= 15 is 0 Å². The van der Waals surface area contributed by atoms with E-state index in [1.54, 1.807) is 5.01 Å². The second-order valence-electron chi connectivity index (χ2n) is 9.46. The Morgan fingerprint density at radius 3 is 2.41 bits per heavy atom. The Hall–Kier alpha value is -1.52. The van der Waals surface area contributed by atoms with Crippen LogP contribution in [0.5, 0.6) is 0 Å². The maximum Gasteiger partial charge on any atom is 0.430 e. The number of carbonyl (C=O) groups is 1. The zero-order chi connectivity index (χ0) is 19.9. The average Bonchev–Trinajstić information content (AvgIpc) is 3.15. The van der Waals surface area contributed by atoms with Crippen LogP contribution >= 0.6 is 0 Å². The Labute approximate surface area is 175 Å². The topological polar surface area (TPSA) is 51.1 Å². The molecule has 0 aromatic carbocycles. The summed E-state index contributed by atoms with van der Waals surface area (Å²) in [5, 5.41) is 6.20. The van der Waals surface area contributed by atoms with Gasteiger partial charge in [0.1, 0.15) is 6.61 Å². The molecule has 162 valence electrons. The van der Waals surface area contributed by atoms with Crippen LogP contribution in [-0.4, -0.2) is 36.3 Å². The van der Waals surface area contributed by atoms with Gasteiger partial charge in [-0.25, -0.2) is 4.79 Å². The zero-order valence-corrected chi connectivity index (χ0v) is 17.9. The van der Waals surface area contributed by atoms with Crippen LogP contribution in [0.25, 0.3) is 0 Å². The molecule has 0 aromatic rings. The van der Waals surface area contributed by atoms with Crippen molar-refractivity contribution in [2.45, 2.75) is 95.9 Å². The zero-order valence-electron chi connectivity index (χ0n) is 17.9. The molecule has 3 saturated carbocycles. The molecule has 1 heterocycles. The molecule has 4 aliphatic rings. The van der Waals surface area contributed by atoms with Gasteiger partial charge in [0, 0.05) is 0 Å². The first-order chi connectivity index (χ1) is 14.3. The predicted molar refractivity (Wildman–Crippen MR) is 115 cm³/mol. The molecule has 5 heteroatoms. The van der Waals surface area contributed by atoms with Gasteiger partial charge in [-0.3, -0.25) is 0 Å². The highest BCUT2D eigenvalue weighted by Crippen LogP contribution is 2.35. The number of amides is 1. The fourth-order valence-electron chi connectivity index (χ4n) is 5.58. The molecule has 0 radical (unpaired) electrons. The van der Waals surface area contributed by atoms with Gasteiger partial charge in [0.25, 0.3) is 0 Å². The Morgan fingerprint density at radius 2 is 1.62 bits per heavy atom. The number of nitrogens with zero attached hydrogens (tertiary/aromatic N) is 2. The second-order valence-corrected chi connectivity index (χ2v) is 9.46. The van der Waals surface area contributed by atoms with Crippen molar-refractivity contribution < 1.29 is 14.3 Å². The number of rotatable bonds is 5. The van der Waals surface area contributed by atoms with Gasteiger partial charge >= 0.3 is 6.09 Å². The largest absolute Gasteiger partial charge is 0.475 e. The number of hydrogen-bond donors (Lipinski definition) is 0. The molecule has 0 bridgehead atoms. The fourth-order valence-corrected chi connectivity index (χ4v) is 5.58. The van der Waals surface area contributed by atoms with Gasteiger partial charge in [-0.1, -0.05) is 63.5 Å². The number of fused-ring (bicyclic) bond motifs is 1. The molecule has 3 aliphatic carbocycles. The number of allylic oxidation sites excluding steroid dienone is 1. The molecule has 3 fully saturated rings. The summed E-state index contributed by atoms with van der Waals surface area (Å²) in [7, 11) is 0. The summed E-state index contributed by atoms with van der Waals surface area (Å²) in [6.45, 7) is 1.10. The highest BCUT2D eigenvalue weighted by Gasteiger charge is 2.43. The lowest BCUT2D eigenvalue weighted by molar-refractivity contribution is 0.0630. The first-order valence-electron chi connectivity index (χ1n) is 12.1. The normalized spacial score (nSPS) is 29.0. The van der Waals surface area contributed by atoms with Crippen LogP contribution < -0.4 is 0 Å². The lowest BCUT2D eigenvalue weighted by Crippen LogP contribution is -2.40. The van der Waals surface area contributed by atoms with Crippen molar-refractivity contribution in [2.75, 3.05) is 13.2 Å². The number of hydrogen-bond acceptors (Lipinski definition) is 4. The fraction of sp³-hybridized carbons (Fsp3) is 0.833. The van der Waals surface area contributed by atoms with Crippen LogP contribution in [0.3, 0.4) is 0 Å². The maximum absolute atomic E-state index is 12.8. The van der Waals surface area contributed by atoms with Gasteiger partial charge in [-0.15, -0.1) is 5.10 Å². The first-order valence-corrected chi connectivity index (χ1v) is 12.1. The van der Waals surface area contributed by atoms with E-state index in [2.05, 4.69) is 17.3 Å². The van der Waals surface area contributed by atoms with Gasteiger partial charge in [0.2, 0.25) is 5.90 Å². The summed E-state index contributed by atoms with van der Waals surface area (Å²) in [6.07, 6.45) is 21.5. The van der Waals surface area contributed by atoms with E-state index in [0.29, 0.717) is 25.0 Å². The molecule has 4 rings (SSSR count). The standard InChI is InChI=1S/C24H38N2O3/c27-24(29-18-20-12-5-2-6-13-20)26-22-16-8-7-15-21(22)23(25-26)28-17-9-14-19-10-3-1-4-11-19/h9,14,19-22H,1-8,10-13,15-18H2/b14-9+. The predicted octanol–water partition coefficient (Wildman–Crippen LogP) is 6.04. The Balaban J connectivity index is 1.29. The van der Waals surface area contributed by atoms with Gasteiger partial charge in [-0.2, -0.15) is 5.01 Å². The molecule has 29 heavy (non-hydrogen) atoms. The minimum Gasteiger partial charge on any atom is -0.475 e. The van der Waals surface area contributed by atoms with Crippen molar-refractivity contribution in [1.82, 2.24) is 5.01 Å². The summed E-state index contributed by atoms with van der Waals surface area (Å²) in [4.78, 5) is 12.8. The minimum absolute atomic E-state index is 0.125. The highest BCUT2D eigenvalue weighted by atomic mass is 16.6. The van der Waals surface area contributed by atoms with Crippen molar-refractivity contribution in [3.63, 3.8) is 0 Å². The van der Waals surface area contributed by atoms with Crippen LogP contribution in [0.4, 0.5) is 4.79 Å². The van der Waals surface area contributed by atoms with Crippen molar-refractivity contribution in [3.05, 3.63) is 12.2 Å². The molecular weight excluding hydrogens is 364 g/mol. The van der Waals surface area contributed by atoms with Crippen molar-refractivity contribution in [2.24, 2.45) is 22.9 Å². The molecule has 2 atom stereocenters. The summed E-state index contributed by atoms with van der Waals surface area (Å²) in [5.74, 6) is 2.24. The lowest BCUT2D eigenvalue weighted by Gasteiger charge is -2.29. The highest BCUT2D eigenvalue weighted by molar-refractivity contribution is 5.84. The number of hydrazone groups is 1. The Bertz CT molecular complexity index is 591. The van der Waals surface area contributed by atoms with E-state index in [1.807, 2.05) is 0 Å². The van der Waals surface area contributed by atoms with Gasteiger partial charge in [0.15, 0.2) is 0 Å². The maximum atomic E-state index is 12.8. The molecule has 5 nitrogen and oxygen atoms in total. The van der Waals surface area contributed by atoms with Gasteiger partial charge in [0.05, 0.1) is 18.6 Å². The van der Waals surface area contributed by atoms with Crippen molar-refractivity contribution in [1.29, 1.82) is 0 Å². The monoisotopic (exact) mass is 402 g/mol. The molecule has 1 amide bonds. The molecule has 0 aromatic heterocycles. The molecule has 0 saturated heterocycles. The number of ether oxygens (including phenoxy) is 2. The summed E-state index contributed by atoms with van der Waals surface area (Å²) < 4.78 is 11.7. The summed E-state index contributed by atoms with van der Waals surface area (Å²) in [6, 6.07) is 0.125. The van der Waals surface area contributed by atoms with Crippen molar-refractivity contribution in [3.8, 4) is 0 Å². The third kappa shape index (κ3) is 5.55. The van der Waals surface area contributed by atoms with Crippen LogP contribution in [-0.2, 0) is 9.47 Å². The molecule has 0 spiro atoms. The van der Waals surface area contributed by atoms with Gasteiger partial charge in [-0.05, 0) is 50.4 Å². The molecule has 1 aliphatic heterocycles. The van der Waals surface area contributed by atoms with Crippen LogP contribution in [0, 0.1) is 17.8 Å². The quantitative estimate of drug-likeness (QED) is 0.526. The lowest BCUT2D eigenvalue weighted by atomic mass is 9.85. The molecular formula is C24H38N2O3. The van der Waals surface area contributed by atoms with Crippen molar-refractivity contribution >= 4 is 12.0 Å².